The van der Waals surface area contributed by atoms with Crippen molar-refractivity contribution in [3.05, 3.63) is 35.4 Å². The van der Waals surface area contributed by atoms with Crippen molar-refractivity contribution in [2.75, 3.05) is 14.2 Å². The van der Waals surface area contributed by atoms with Crippen LogP contribution in [0.2, 0.25) is 0 Å². The smallest absolute Gasteiger partial charge is 0.168 e. The van der Waals surface area contributed by atoms with Crippen molar-refractivity contribution in [3.8, 4) is 0 Å². The lowest BCUT2D eigenvalue weighted by atomic mass is 9.86. The van der Waals surface area contributed by atoms with Gasteiger partial charge in [-0.1, -0.05) is 45.0 Å². The topological polar surface area (TPSA) is 18.5 Å². The van der Waals surface area contributed by atoms with Crippen LogP contribution in [-0.2, 0) is 21.3 Å². The van der Waals surface area contributed by atoms with Gasteiger partial charge in [-0.3, -0.25) is 0 Å². The molecule has 1 aromatic rings. The summed E-state index contributed by atoms with van der Waals surface area (Å²) in [6.45, 7) is 8.61. The van der Waals surface area contributed by atoms with Crippen molar-refractivity contribution >= 4 is 0 Å². The molecule has 0 radical (unpaired) electrons. The molecule has 0 amide bonds. The number of rotatable bonds is 4. The van der Waals surface area contributed by atoms with Gasteiger partial charge in [0.25, 0.3) is 0 Å². The van der Waals surface area contributed by atoms with Gasteiger partial charge in [-0.25, -0.2) is 0 Å². The Morgan fingerprint density at radius 2 is 1.35 bits per heavy atom. The maximum atomic E-state index is 5.37. The van der Waals surface area contributed by atoms with Crippen LogP contribution in [0.1, 0.15) is 38.8 Å². The van der Waals surface area contributed by atoms with Crippen molar-refractivity contribution in [1.29, 1.82) is 0 Å². The SMILES string of the molecule is COC(C)(Cc1ccc(C(C)(C)C)cc1)OC. The molecular weight excluding hydrogens is 212 g/mol. The highest BCUT2D eigenvalue weighted by Gasteiger charge is 2.23. The van der Waals surface area contributed by atoms with Gasteiger partial charge in [-0.05, 0) is 23.5 Å². The summed E-state index contributed by atoms with van der Waals surface area (Å²) in [5.74, 6) is -0.538. The highest BCUT2D eigenvalue weighted by atomic mass is 16.7. The molecule has 0 aliphatic rings. The molecule has 0 bridgehead atoms. The molecule has 17 heavy (non-hydrogen) atoms. The minimum Gasteiger partial charge on any atom is -0.353 e. The van der Waals surface area contributed by atoms with Gasteiger partial charge in [0.05, 0.1) is 0 Å². The zero-order chi connectivity index (χ0) is 13.1. The van der Waals surface area contributed by atoms with E-state index in [2.05, 4.69) is 45.0 Å². The maximum absolute atomic E-state index is 5.37. The van der Waals surface area contributed by atoms with E-state index in [1.54, 1.807) is 14.2 Å². The Hall–Kier alpha value is -0.860. The van der Waals surface area contributed by atoms with Crippen molar-refractivity contribution in [2.24, 2.45) is 0 Å². The second-order valence-electron chi connectivity index (χ2n) is 5.67. The number of benzene rings is 1. The third-order valence-electron chi connectivity index (χ3n) is 3.21. The molecule has 96 valence electrons. The summed E-state index contributed by atoms with van der Waals surface area (Å²) in [4.78, 5) is 0. The van der Waals surface area contributed by atoms with Crippen molar-refractivity contribution in [2.45, 2.75) is 45.3 Å². The molecule has 2 heteroatoms. The molecule has 0 unspecified atom stereocenters. The minimum absolute atomic E-state index is 0.199. The van der Waals surface area contributed by atoms with Crippen LogP contribution in [0.25, 0.3) is 0 Å². The van der Waals surface area contributed by atoms with Crippen LogP contribution in [0.3, 0.4) is 0 Å². The van der Waals surface area contributed by atoms with E-state index in [1.807, 2.05) is 6.92 Å². The molecule has 2 nitrogen and oxygen atoms in total. The van der Waals surface area contributed by atoms with Crippen LogP contribution in [0, 0.1) is 0 Å². The van der Waals surface area contributed by atoms with E-state index < -0.39 is 5.79 Å². The Bertz CT molecular complexity index is 342. The second-order valence-corrected chi connectivity index (χ2v) is 5.67. The zero-order valence-electron chi connectivity index (χ0n) is 11.8. The maximum Gasteiger partial charge on any atom is 0.168 e. The summed E-state index contributed by atoms with van der Waals surface area (Å²) in [7, 11) is 3.35. The zero-order valence-corrected chi connectivity index (χ0v) is 11.8. The number of hydrogen-bond acceptors (Lipinski definition) is 2. The lowest BCUT2D eigenvalue weighted by Gasteiger charge is -2.27. The van der Waals surface area contributed by atoms with Crippen LogP contribution >= 0.6 is 0 Å². The van der Waals surface area contributed by atoms with Crippen molar-refractivity contribution in [1.82, 2.24) is 0 Å². The first-order valence-electron chi connectivity index (χ1n) is 6.00. The van der Waals surface area contributed by atoms with Crippen LogP contribution in [0.4, 0.5) is 0 Å². The fourth-order valence-corrected chi connectivity index (χ4v) is 1.72. The first-order valence-corrected chi connectivity index (χ1v) is 6.00. The molecule has 0 saturated carbocycles. The Morgan fingerprint density at radius 3 is 1.71 bits per heavy atom. The standard InChI is InChI=1S/C15H24O2/c1-14(2,3)13-9-7-12(8-10-13)11-15(4,16-5)17-6/h7-10H,11H2,1-6H3. The summed E-state index contributed by atoms with van der Waals surface area (Å²) in [5, 5.41) is 0. The highest BCUT2D eigenvalue weighted by Crippen LogP contribution is 2.24. The van der Waals surface area contributed by atoms with E-state index >= 15 is 0 Å². The van der Waals surface area contributed by atoms with Crippen molar-refractivity contribution < 1.29 is 9.47 Å². The number of ether oxygens (including phenoxy) is 2. The van der Waals surface area contributed by atoms with Crippen LogP contribution in [-0.4, -0.2) is 20.0 Å². The predicted octanol–water partition coefficient (Wildman–Crippen LogP) is 3.54. The number of methoxy groups -OCH3 is 2. The van der Waals surface area contributed by atoms with Gasteiger partial charge in [0, 0.05) is 20.6 Å². The average molecular weight is 236 g/mol. The van der Waals surface area contributed by atoms with Gasteiger partial charge < -0.3 is 9.47 Å². The molecule has 0 aliphatic carbocycles. The van der Waals surface area contributed by atoms with Crippen LogP contribution in [0.15, 0.2) is 24.3 Å². The minimum atomic E-state index is -0.538. The molecule has 0 heterocycles. The summed E-state index contributed by atoms with van der Waals surface area (Å²) in [6.07, 6.45) is 0.754. The van der Waals surface area contributed by atoms with Gasteiger partial charge in [-0.2, -0.15) is 0 Å². The van der Waals surface area contributed by atoms with Crippen LogP contribution in [0.5, 0.6) is 0 Å². The van der Waals surface area contributed by atoms with Crippen LogP contribution < -0.4 is 0 Å². The molecule has 0 aromatic heterocycles. The second kappa shape index (κ2) is 5.19. The molecular formula is C15H24O2. The summed E-state index contributed by atoms with van der Waals surface area (Å²) in [5.41, 5.74) is 2.77. The van der Waals surface area contributed by atoms with E-state index in [4.69, 9.17) is 9.47 Å². The van der Waals surface area contributed by atoms with Gasteiger partial charge in [0.1, 0.15) is 0 Å². The molecule has 0 aliphatic heterocycles. The molecule has 1 rings (SSSR count). The quantitative estimate of drug-likeness (QED) is 0.744. The van der Waals surface area contributed by atoms with Gasteiger partial charge in [-0.15, -0.1) is 0 Å². The van der Waals surface area contributed by atoms with E-state index in [1.165, 1.54) is 11.1 Å². The summed E-state index contributed by atoms with van der Waals surface area (Å²) in [6, 6.07) is 8.66. The summed E-state index contributed by atoms with van der Waals surface area (Å²) < 4.78 is 10.7. The molecule has 0 fully saturated rings. The molecule has 0 saturated heterocycles. The first kappa shape index (κ1) is 14.2. The average Bonchev–Trinajstić information content (AvgIpc) is 2.28. The van der Waals surface area contributed by atoms with Crippen molar-refractivity contribution in [3.63, 3.8) is 0 Å². The van der Waals surface area contributed by atoms with E-state index in [0.29, 0.717) is 0 Å². The van der Waals surface area contributed by atoms with Gasteiger partial charge in [0.15, 0.2) is 5.79 Å². The van der Waals surface area contributed by atoms with Gasteiger partial charge in [0.2, 0.25) is 0 Å². The van der Waals surface area contributed by atoms with Gasteiger partial charge >= 0.3 is 0 Å². The van der Waals surface area contributed by atoms with E-state index in [9.17, 15) is 0 Å². The third-order valence-corrected chi connectivity index (χ3v) is 3.21. The fourth-order valence-electron chi connectivity index (χ4n) is 1.72. The van der Waals surface area contributed by atoms with E-state index in [-0.39, 0.29) is 5.41 Å². The molecule has 1 aromatic carbocycles. The van der Waals surface area contributed by atoms with E-state index in [0.717, 1.165) is 6.42 Å². The normalized spacial score (nSPS) is 12.8. The largest absolute Gasteiger partial charge is 0.353 e. The Kier molecular flexibility index (Phi) is 4.34. The Morgan fingerprint density at radius 1 is 0.882 bits per heavy atom. The molecule has 0 N–H and O–H groups in total. The Labute approximate surface area is 105 Å². The number of hydrogen-bond donors (Lipinski definition) is 0. The lowest BCUT2D eigenvalue weighted by molar-refractivity contribution is -0.191. The predicted molar refractivity (Wildman–Crippen MR) is 71.3 cm³/mol. The monoisotopic (exact) mass is 236 g/mol. The first-order chi connectivity index (χ1) is 7.80. The molecule has 0 atom stereocenters. The lowest BCUT2D eigenvalue weighted by Crippen LogP contribution is -2.32. The highest BCUT2D eigenvalue weighted by molar-refractivity contribution is 5.28. The summed E-state index contributed by atoms with van der Waals surface area (Å²) >= 11 is 0. The fraction of sp³-hybridized carbons (Fsp3) is 0.600. The molecule has 0 spiro atoms. The Balaban J connectivity index is 2.82. The third kappa shape index (κ3) is 3.83.